The number of ether oxygens (including phenoxy) is 2. The topological polar surface area (TPSA) is 63.9 Å². The molecule has 2 unspecified atom stereocenters. The van der Waals surface area contributed by atoms with Crippen molar-refractivity contribution < 1.29 is 9.47 Å². The molecule has 0 amide bonds. The predicted molar refractivity (Wildman–Crippen MR) is 116 cm³/mol. The molecule has 158 valence electrons. The highest BCUT2D eigenvalue weighted by Gasteiger charge is 2.28. The number of nitrogens with one attached hydrogen (secondary N) is 1. The van der Waals surface area contributed by atoms with E-state index in [1.807, 2.05) is 36.8 Å². The van der Waals surface area contributed by atoms with Gasteiger partial charge >= 0.3 is 0 Å². The third-order valence-corrected chi connectivity index (χ3v) is 5.35. The number of aromatic nitrogens is 2. The molecule has 1 fully saturated rings. The van der Waals surface area contributed by atoms with Crippen LogP contribution in [0.5, 0.6) is 11.5 Å². The molecular weight excluding hydrogens is 366 g/mol. The van der Waals surface area contributed by atoms with E-state index < -0.39 is 0 Å². The van der Waals surface area contributed by atoms with Crippen LogP contribution in [0.15, 0.2) is 48.0 Å². The van der Waals surface area contributed by atoms with Gasteiger partial charge in [0.25, 0.3) is 0 Å². The van der Waals surface area contributed by atoms with E-state index in [1.165, 1.54) is 0 Å². The molecule has 1 aliphatic heterocycles. The summed E-state index contributed by atoms with van der Waals surface area (Å²) in [5.74, 6) is 3.31. The number of hydrogen-bond donors (Lipinski definition) is 1. The van der Waals surface area contributed by atoms with Gasteiger partial charge < -0.3 is 24.3 Å². The zero-order valence-corrected chi connectivity index (χ0v) is 17.8. The Morgan fingerprint density at radius 2 is 2.07 bits per heavy atom. The van der Waals surface area contributed by atoms with Crippen LogP contribution in [0.3, 0.4) is 0 Å². The van der Waals surface area contributed by atoms with E-state index in [-0.39, 0.29) is 0 Å². The lowest BCUT2D eigenvalue weighted by Crippen LogP contribution is -2.49. The Balaban J connectivity index is 1.51. The maximum Gasteiger partial charge on any atom is 0.193 e. The van der Waals surface area contributed by atoms with Crippen molar-refractivity contribution in [2.45, 2.75) is 32.7 Å². The number of aliphatic imine (C=N–C) groups is 1. The lowest BCUT2D eigenvalue weighted by Gasteiger charge is -2.39. The number of imidazole rings is 1. The number of nitrogens with zero attached hydrogens (tertiary/aromatic N) is 4. The molecule has 3 rings (SSSR count). The molecule has 1 aromatic carbocycles. The van der Waals surface area contributed by atoms with E-state index >= 15 is 0 Å². The van der Waals surface area contributed by atoms with Crippen LogP contribution in [-0.2, 0) is 0 Å². The molecule has 1 saturated heterocycles. The lowest BCUT2D eigenvalue weighted by atomic mass is 9.93. The third kappa shape index (κ3) is 5.89. The number of methoxy groups -OCH3 is 1. The summed E-state index contributed by atoms with van der Waals surface area (Å²) in [7, 11) is 1.66. The average molecular weight is 400 g/mol. The SMILES string of the molecule is CCNC(=NCCCOc1ccc(OC)cc1)N1CCC(C)C(n2ccnc2)C1. The Morgan fingerprint density at radius 1 is 1.28 bits per heavy atom. The second kappa shape index (κ2) is 10.7. The maximum absolute atomic E-state index is 5.80. The molecule has 2 heterocycles. The van der Waals surface area contributed by atoms with Gasteiger partial charge in [-0.2, -0.15) is 0 Å². The lowest BCUT2D eigenvalue weighted by molar-refractivity contribution is 0.189. The van der Waals surface area contributed by atoms with Gasteiger partial charge in [0, 0.05) is 45.0 Å². The summed E-state index contributed by atoms with van der Waals surface area (Å²) in [4.78, 5) is 11.4. The van der Waals surface area contributed by atoms with Crippen LogP contribution in [0, 0.1) is 5.92 Å². The number of rotatable bonds is 8. The highest BCUT2D eigenvalue weighted by molar-refractivity contribution is 5.80. The fourth-order valence-corrected chi connectivity index (χ4v) is 3.63. The summed E-state index contributed by atoms with van der Waals surface area (Å²) in [5, 5.41) is 3.45. The summed E-state index contributed by atoms with van der Waals surface area (Å²) in [6.07, 6.45) is 7.86. The molecular formula is C22H33N5O2. The molecule has 29 heavy (non-hydrogen) atoms. The summed E-state index contributed by atoms with van der Waals surface area (Å²) >= 11 is 0. The quantitative estimate of drug-likeness (QED) is 0.420. The fourth-order valence-electron chi connectivity index (χ4n) is 3.63. The Kier molecular flexibility index (Phi) is 7.78. The minimum Gasteiger partial charge on any atom is -0.497 e. The van der Waals surface area contributed by atoms with E-state index in [4.69, 9.17) is 14.5 Å². The van der Waals surface area contributed by atoms with Crippen molar-refractivity contribution in [3.05, 3.63) is 43.0 Å². The van der Waals surface area contributed by atoms with Crippen molar-refractivity contribution in [1.82, 2.24) is 19.8 Å². The Morgan fingerprint density at radius 3 is 2.76 bits per heavy atom. The summed E-state index contributed by atoms with van der Waals surface area (Å²) in [6.45, 7) is 8.66. The number of benzene rings is 1. The Labute approximate surface area is 173 Å². The van der Waals surface area contributed by atoms with E-state index in [1.54, 1.807) is 7.11 Å². The minimum atomic E-state index is 0.425. The van der Waals surface area contributed by atoms with Crippen LogP contribution in [0.2, 0.25) is 0 Å². The standard InChI is InChI=1S/C22H33N5O2/c1-4-24-22(25-11-5-15-29-20-8-6-19(28-3)7-9-20)26-13-10-18(2)21(16-26)27-14-12-23-17-27/h6-9,12,14,17-18,21H,4-5,10-11,13,15-16H2,1-3H3,(H,24,25). The second-order valence-corrected chi connectivity index (χ2v) is 7.40. The Bertz CT molecular complexity index is 745. The van der Waals surface area contributed by atoms with Gasteiger partial charge in [-0.1, -0.05) is 6.92 Å². The molecule has 1 N–H and O–H groups in total. The third-order valence-electron chi connectivity index (χ3n) is 5.35. The van der Waals surface area contributed by atoms with Gasteiger partial charge in [-0.3, -0.25) is 4.99 Å². The minimum absolute atomic E-state index is 0.425. The molecule has 1 aliphatic rings. The molecule has 0 saturated carbocycles. The molecule has 0 spiro atoms. The largest absolute Gasteiger partial charge is 0.497 e. The normalized spacial score (nSPS) is 19.8. The zero-order chi connectivity index (χ0) is 20.5. The molecule has 0 aliphatic carbocycles. The van der Waals surface area contributed by atoms with Crippen LogP contribution < -0.4 is 14.8 Å². The van der Waals surface area contributed by atoms with Gasteiger partial charge in [0.05, 0.1) is 26.1 Å². The van der Waals surface area contributed by atoms with Gasteiger partial charge in [0.15, 0.2) is 5.96 Å². The van der Waals surface area contributed by atoms with Crippen molar-refractivity contribution in [3.8, 4) is 11.5 Å². The van der Waals surface area contributed by atoms with Gasteiger partial charge in [-0.05, 0) is 43.5 Å². The molecule has 0 bridgehead atoms. The van der Waals surface area contributed by atoms with Crippen molar-refractivity contribution in [3.63, 3.8) is 0 Å². The maximum atomic E-state index is 5.80. The van der Waals surface area contributed by atoms with Crippen molar-refractivity contribution >= 4 is 5.96 Å². The van der Waals surface area contributed by atoms with Crippen LogP contribution in [0.1, 0.15) is 32.7 Å². The average Bonchev–Trinajstić information content (AvgIpc) is 3.28. The Hall–Kier alpha value is -2.70. The first-order valence-corrected chi connectivity index (χ1v) is 10.5. The second-order valence-electron chi connectivity index (χ2n) is 7.40. The molecule has 1 aromatic heterocycles. The first kappa shape index (κ1) is 21.0. The summed E-state index contributed by atoms with van der Waals surface area (Å²) in [5.41, 5.74) is 0. The number of likely N-dealkylation sites (tertiary alicyclic amines) is 1. The van der Waals surface area contributed by atoms with Gasteiger partial charge in [0.1, 0.15) is 11.5 Å². The van der Waals surface area contributed by atoms with E-state index in [0.717, 1.165) is 56.5 Å². The highest BCUT2D eigenvalue weighted by Crippen LogP contribution is 2.27. The number of hydrogen-bond acceptors (Lipinski definition) is 4. The van der Waals surface area contributed by atoms with Crippen LogP contribution >= 0.6 is 0 Å². The summed E-state index contributed by atoms with van der Waals surface area (Å²) in [6, 6.07) is 8.10. The molecule has 2 aromatic rings. The monoisotopic (exact) mass is 399 g/mol. The van der Waals surface area contributed by atoms with Crippen LogP contribution in [0.25, 0.3) is 0 Å². The van der Waals surface area contributed by atoms with Crippen LogP contribution in [-0.4, -0.2) is 60.3 Å². The van der Waals surface area contributed by atoms with E-state index in [0.29, 0.717) is 18.6 Å². The van der Waals surface area contributed by atoms with Gasteiger partial charge in [-0.25, -0.2) is 4.98 Å². The van der Waals surface area contributed by atoms with Gasteiger partial charge in [0.2, 0.25) is 0 Å². The van der Waals surface area contributed by atoms with E-state index in [9.17, 15) is 0 Å². The number of piperidine rings is 1. The number of guanidine groups is 1. The first-order chi connectivity index (χ1) is 14.2. The first-order valence-electron chi connectivity index (χ1n) is 10.5. The van der Waals surface area contributed by atoms with Crippen molar-refractivity contribution in [1.29, 1.82) is 0 Å². The molecule has 7 heteroatoms. The fraction of sp³-hybridized carbons (Fsp3) is 0.545. The predicted octanol–water partition coefficient (Wildman–Crippen LogP) is 3.21. The van der Waals surface area contributed by atoms with E-state index in [2.05, 4.69) is 39.8 Å². The zero-order valence-electron chi connectivity index (χ0n) is 17.8. The highest BCUT2D eigenvalue weighted by atomic mass is 16.5. The molecule has 7 nitrogen and oxygen atoms in total. The van der Waals surface area contributed by atoms with Crippen LogP contribution in [0.4, 0.5) is 0 Å². The van der Waals surface area contributed by atoms with Crippen molar-refractivity contribution in [2.24, 2.45) is 10.9 Å². The van der Waals surface area contributed by atoms with Crippen molar-refractivity contribution in [2.75, 3.05) is 39.9 Å². The summed E-state index contributed by atoms with van der Waals surface area (Å²) < 4.78 is 13.2. The smallest absolute Gasteiger partial charge is 0.193 e. The van der Waals surface area contributed by atoms with Gasteiger partial charge in [-0.15, -0.1) is 0 Å². The molecule has 2 atom stereocenters. The molecule has 0 radical (unpaired) electrons.